The molecule has 0 bridgehead atoms. The summed E-state index contributed by atoms with van der Waals surface area (Å²) < 4.78 is 6.78. The van der Waals surface area contributed by atoms with Gasteiger partial charge in [0.2, 0.25) is 5.78 Å². The summed E-state index contributed by atoms with van der Waals surface area (Å²) in [6.07, 6.45) is 0.294. The molecule has 2 aromatic rings. The average molecular weight is 462 g/mol. The second-order valence-electron chi connectivity index (χ2n) is 11.1. The quantitative estimate of drug-likeness (QED) is 0.259. The first-order valence-corrected chi connectivity index (χ1v) is 14.4. The van der Waals surface area contributed by atoms with Gasteiger partial charge in [-0.3, -0.25) is 4.79 Å². The van der Waals surface area contributed by atoms with E-state index in [9.17, 15) is 9.59 Å². The highest BCUT2D eigenvalue weighted by Gasteiger charge is 2.74. The average Bonchev–Trinajstić information content (AvgIpc) is 3.14. The van der Waals surface area contributed by atoms with E-state index in [1.807, 2.05) is 49.5 Å². The molecule has 0 saturated carbocycles. The Bertz CT molecular complexity index is 1130. The van der Waals surface area contributed by atoms with Gasteiger partial charge in [0.05, 0.1) is 13.6 Å². The molecule has 2 saturated heterocycles. The number of quaternary nitrogens is 1. The summed E-state index contributed by atoms with van der Waals surface area (Å²) in [5, 5.41) is 0.0314. The number of hydrogen-bond acceptors (Lipinski definition) is 3. The minimum Gasteiger partial charge on any atom is -0.408 e. The summed E-state index contributed by atoms with van der Waals surface area (Å²) in [6.45, 7) is 18.8. The van der Waals surface area contributed by atoms with Crippen molar-refractivity contribution in [2.75, 3.05) is 13.6 Å². The van der Waals surface area contributed by atoms with E-state index in [-0.39, 0.29) is 27.3 Å². The van der Waals surface area contributed by atoms with Crippen LogP contribution in [0.3, 0.4) is 0 Å². The minimum absolute atomic E-state index is 0.0159. The van der Waals surface area contributed by atoms with Crippen LogP contribution in [0.4, 0.5) is 5.69 Å². The lowest BCUT2D eigenvalue weighted by Crippen LogP contribution is -2.56. The maximum atomic E-state index is 14.2. The van der Waals surface area contributed by atoms with Crippen LogP contribution in [0.25, 0.3) is 4.85 Å². The lowest BCUT2D eigenvalue weighted by atomic mass is 9.79. The van der Waals surface area contributed by atoms with E-state index < -0.39 is 19.8 Å². The normalized spacial score (nSPS) is 29.7. The summed E-state index contributed by atoms with van der Waals surface area (Å²) in [5.41, 5.74) is 1.06. The first-order valence-electron chi connectivity index (χ1n) is 11.5. The number of carbonyl (C=O) groups excluding carboxylic acids is 2. The molecule has 2 aliphatic rings. The van der Waals surface area contributed by atoms with E-state index in [2.05, 4.69) is 38.7 Å². The number of amides is 1. The van der Waals surface area contributed by atoms with E-state index in [1.165, 1.54) is 0 Å². The smallest absolute Gasteiger partial charge is 0.329 e. The number of hydrogen-bond donors (Lipinski definition) is 0. The molecule has 4 atom stereocenters. The number of carbonyl (C=O) groups is 2. The molecule has 2 fully saturated rings. The van der Waals surface area contributed by atoms with Gasteiger partial charge >= 0.3 is 5.91 Å². The van der Waals surface area contributed by atoms with Gasteiger partial charge in [0.1, 0.15) is 12.6 Å². The molecule has 33 heavy (non-hydrogen) atoms. The standard InChI is InChI=1S/C27H33N2O3Si/c1-26(2,3)33(6,7)32-22-17-27(20-13-15-21(28-4)16-14-20)24(30)23(19-11-9-8-10-12-19)25(31)29(27,5)18-22/h8-16,22-23H,17-18H2,1-3,5-7H3/q+1/t22-,23?,27-,29-/m0/s1. The SMILES string of the molecule is [C-]#[N+]c1ccc([C@]23C[C@H](O[Si](C)(C)C(C)(C)C)C[N@@+]2(C)C(=O)C(c2ccccc2)C3=O)cc1. The summed E-state index contributed by atoms with van der Waals surface area (Å²) in [7, 11) is -0.193. The van der Waals surface area contributed by atoms with Crippen molar-refractivity contribution < 1.29 is 18.5 Å². The third-order valence-corrected chi connectivity index (χ3v) is 12.7. The Kier molecular flexibility index (Phi) is 5.52. The molecule has 2 aromatic carbocycles. The number of nitrogens with zero attached hydrogens (tertiary/aromatic N) is 2. The van der Waals surface area contributed by atoms with Gasteiger partial charge in [0, 0.05) is 12.0 Å². The minimum atomic E-state index is -2.10. The monoisotopic (exact) mass is 461 g/mol. The van der Waals surface area contributed by atoms with Crippen LogP contribution in [-0.2, 0) is 19.6 Å². The summed E-state index contributed by atoms with van der Waals surface area (Å²) in [4.78, 5) is 31.7. The maximum Gasteiger partial charge on any atom is 0.329 e. The second-order valence-corrected chi connectivity index (χ2v) is 15.9. The topological polar surface area (TPSA) is 47.7 Å². The second kappa shape index (κ2) is 7.73. The van der Waals surface area contributed by atoms with Gasteiger partial charge in [0.25, 0.3) is 0 Å². The van der Waals surface area contributed by atoms with Crippen LogP contribution in [0.15, 0.2) is 54.6 Å². The molecule has 1 amide bonds. The molecule has 0 aromatic heterocycles. The molecule has 0 spiro atoms. The van der Waals surface area contributed by atoms with Crippen LogP contribution in [0.2, 0.25) is 18.1 Å². The summed E-state index contributed by atoms with van der Waals surface area (Å²) in [5.74, 6) is -0.912. The van der Waals surface area contributed by atoms with Crippen molar-refractivity contribution in [3.05, 3.63) is 77.1 Å². The van der Waals surface area contributed by atoms with Crippen LogP contribution in [0.1, 0.15) is 44.2 Å². The first-order chi connectivity index (χ1) is 15.4. The fourth-order valence-corrected chi connectivity index (χ4v) is 6.73. The molecule has 4 rings (SSSR count). The fourth-order valence-electron chi connectivity index (χ4n) is 5.38. The van der Waals surface area contributed by atoms with E-state index in [0.29, 0.717) is 18.7 Å². The number of Topliss-reactive ketones (excluding diaryl/α,β-unsaturated/α-hetero) is 1. The van der Waals surface area contributed by atoms with E-state index in [4.69, 9.17) is 11.0 Å². The Morgan fingerprint density at radius 2 is 1.67 bits per heavy atom. The molecular weight excluding hydrogens is 428 g/mol. The third-order valence-electron chi connectivity index (χ3n) is 8.21. The van der Waals surface area contributed by atoms with Crippen molar-refractivity contribution in [2.24, 2.45) is 0 Å². The van der Waals surface area contributed by atoms with Crippen molar-refractivity contribution in [1.29, 1.82) is 0 Å². The first kappa shape index (κ1) is 23.6. The molecule has 172 valence electrons. The highest BCUT2D eigenvalue weighted by Crippen LogP contribution is 2.56. The van der Waals surface area contributed by atoms with Crippen LogP contribution >= 0.6 is 0 Å². The molecule has 2 heterocycles. The molecular formula is C27H33N2O3Si+. The Balaban J connectivity index is 1.83. The predicted molar refractivity (Wildman–Crippen MR) is 131 cm³/mol. The zero-order valence-corrected chi connectivity index (χ0v) is 21.4. The molecule has 0 aliphatic carbocycles. The van der Waals surface area contributed by atoms with Crippen molar-refractivity contribution in [3.63, 3.8) is 0 Å². The zero-order valence-electron chi connectivity index (χ0n) is 20.4. The molecule has 2 aliphatic heterocycles. The molecule has 1 unspecified atom stereocenters. The van der Waals surface area contributed by atoms with Gasteiger partial charge in [-0.1, -0.05) is 75.4 Å². The Morgan fingerprint density at radius 3 is 2.21 bits per heavy atom. The van der Waals surface area contributed by atoms with Crippen molar-refractivity contribution in [3.8, 4) is 0 Å². The van der Waals surface area contributed by atoms with E-state index in [1.54, 1.807) is 12.1 Å². The fraction of sp³-hybridized carbons (Fsp3) is 0.444. The number of likely N-dealkylation sites (N-methyl/N-ethyl adjacent to an activating group) is 1. The van der Waals surface area contributed by atoms with E-state index in [0.717, 1.165) is 11.1 Å². The number of fused-ring (bicyclic) bond motifs is 1. The maximum absolute atomic E-state index is 14.2. The number of benzene rings is 2. The third kappa shape index (κ3) is 3.42. The highest BCUT2D eigenvalue weighted by atomic mass is 28.4. The number of ketones is 1. The Hall–Kier alpha value is -2.59. The van der Waals surface area contributed by atoms with E-state index >= 15 is 0 Å². The van der Waals surface area contributed by atoms with Gasteiger partial charge in [0.15, 0.2) is 25.5 Å². The highest BCUT2D eigenvalue weighted by molar-refractivity contribution is 6.74. The van der Waals surface area contributed by atoms with Crippen LogP contribution in [0.5, 0.6) is 0 Å². The van der Waals surface area contributed by atoms with Crippen molar-refractivity contribution >= 4 is 25.7 Å². The van der Waals surface area contributed by atoms with Gasteiger partial charge < -0.3 is 4.43 Å². The lowest BCUT2D eigenvalue weighted by Gasteiger charge is -2.38. The lowest BCUT2D eigenvalue weighted by molar-refractivity contribution is -0.866. The largest absolute Gasteiger partial charge is 0.408 e. The van der Waals surface area contributed by atoms with Crippen LogP contribution < -0.4 is 0 Å². The van der Waals surface area contributed by atoms with Gasteiger partial charge in [-0.2, -0.15) is 0 Å². The van der Waals surface area contributed by atoms with Gasteiger partial charge in [-0.15, -0.1) is 0 Å². The predicted octanol–water partition coefficient (Wildman–Crippen LogP) is 5.57. The zero-order chi connectivity index (χ0) is 24.2. The Morgan fingerprint density at radius 1 is 1.06 bits per heavy atom. The molecule has 5 nitrogen and oxygen atoms in total. The molecule has 0 N–H and O–H groups in total. The van der Waals surface area contributed by atoms with Crippen molar-refractivity contribution in [1.82, 2.24) is 0 Å². The van der Waals surface area contributed by atoms with Gasteiger partial charge in [-0.05, 0) is 23.7 Å². The Labute approximate surface area is 197 Å². The van der Waals surface area contributed by atoms with Crippen molar-refractivity contribution in [2.45, 2.75) is 62.9 Å². The van der Waals surface area contributed by atoms with Crippen LogP contribution in [-0.4, -0.2) is 44.2 Å². The summed E-state index contributed by atoms with van der Waals surface area (Å²) >= 11 is 0. The number of rotatable bonds is 4. The van der Waals surface area contributed by atoms with Crippen LogP contribution in [0, 0.1) is 6.57 Å². The van der Waals surface area contributed by atoms with Gasteiger partial charge in [-0.25, -0.2) is 14.1 Å². The molecule has 0 radical (unpaired) electrons. The molecule has 6 heteroatoms. The summed E-state index contributed by atoms with van der Waals surface area (Å²) in [6, 6.07) is 16.6.